The van der Waals surface area contributed by atoms with Gasteiger partial charge in [-0.05, 0) is 31.6 Å². The van der Waals surface area contributed by atoms with Gasteiger partial charge in [-0.25, -0.2) is 0 Å². The molecule has 1 aliphatic carbocycles. The molecule has 0 aromatic heterocycles. The third-order valence-electron chi connectivity index (χ3n) is 4.12. The number of hydrogen-bond acceptors (Lipinski definition) is 2. The van der Waals surface area contributed by atoms with Crippen molar-refractivity contribution in [2.24, 2.45) is 11.8 Å². The first-order chi connectivity index (χ1) is 7.19. The van der Waals surface area contributed by atoms with Crippen molar-refractivity contribution in [3.8, 4) is 0 Å². The smallest absolute Gasteiger partial charge is 0.0474 e. The second-order valence-electron chi connectivity index (χ2n) is 5.17. The van der Waals surface area contributed by atoms with Crippen LogP contribution in [0.2, 0.25) is 0 Å². The van der Waals surface area contributed by atoms with Gasteiger partial charge in [-0.3, -0.25) is 0 Å². The molecule has 15 heavy (non-hydrogen) atoms. The molecule has 2 heteroatoms. The van der Waals surface area contributed by atoms with E-state index in [0.717, 1.165) is 5.92 Å². The van der Waals surface area contributed by atoms with Gasteiger partial charge in [-0.1, -0.05) is 33.1 Å². The minimum Gasteiger partial charge on any atom is -0.396 e. The van der Waals surface area contributed by atoms with Gasteiger partial charge in [0.25, 0.3) is 0 Å². The Bertz CT molecular complexity index is 172. The molecule has 0 aliphatic heterocycles. The van der Waals surface area contributed by atoms with Crippen molar-refractivity contribution in [3.63, 3.8) is 0 Å². The van der Waals surface area contributed by atoms with Crippen molar-refractivity contribution in [2.75, 3.05) is 6.61 Å². The molecule has 1 aliphatic rings. The summed E-state index contributed by atoms with van der Waals surface area (Å²) in [5, 5.41) is 13.0. The summed E-state index contributed by atoms with van der Waals surface area (Å²) >= 11 is 0. The largest absolute Gasteiger partial charge is 0.396 e. The molecule has 4 unspecified atom stereocenters. The third kappa shape index (κ3) is 3.76. The van der Waals surface area contributed by atoms with Crippen molar-refractivity contribution in [2.45, 2.75) is 65.0 Å². The second-order valence-corrected chi connectivity index (χ2v) is 5.17. The lowest BCUT2D eigenvalue weighted by molar-refractivity contribution is 0.141. The van der Waals surface area contributed by atoms with E-state index in [1.54, 1.807) is 0 Å². The monoisotopic (exact) mass is 213 g/mol. The van der Waals surface area contributed by atoms with Gasteiger partial charge in [-0.2, -0.15) is 0 Å². The summed E-state index contributed by atoms with van der Waals surface area (Å²) in [6.07, 6.45) is 6.28. The van der Waals surface area contributed by atoms with Crippen LogP contribution >= 0.6 is 0 Å². The first-order valence-electron chi connectivity index (χ1n) is 6.56. The molecule has 0 amide bonds. The Balaban J connectivity index is 2.40. The van der Waals surface area contributed by atoms with Crippen LogP contribution in [0.4, 0.5) is 0 Å². The molecule has 2 nitrogen and oxygen atoms in total. The third-order valence-corrected chi connectivity index (χ3v) is 4.12. The average Bonchev–Trinajstić information content (AvgIpc) is 2.28. The summed E-state index contributed by atoms with van der Waals surface area (Å²) in [6.45, 7) is 7.17. The molecular weight excluding hydrogens is 186 g/mol. The Labute approximate surface area is 94.5 Å². The Hall–Kier alpha value is -0.0800. The zero-order valence-corrected chi connectivity index (χ0v) is 10.5. The summed E-state index contributed by atoms with van der Waals surface area (Å²) in [7, 11) is 0. The molecule has 0 radical (unpaired) electrons. The van der Waals surface area contributed by atoms with Crippen LogP contribution in [-0.2, 0) is 0 Å². The fourth-order valence-electron chi connectivity index (χ4n) is 2.50. The van der Waals surface area contributed by atoms with Crippen molar-refractivity contribution in [3.05, 3.63) is 0 Å². The van der Waals surface area contributed by atoms with Crippen LogP contribution in [-0.4, -0.2) is 23.8 Å². The molecule has 2 N–H and O–H groups in total. The van der Waals surface area contributed by atoms with E-state index in [1.807, 2.05) is 0 Å². The van der Waals surface area contributed by atoms with Crippen molar-refractivity contribution in [1.29, 1.82) is 0 Å². The molecule has 0 heterocycles. The predicted molar refractivity (Wildman–Crippen MR) is 64.9 cm³/mol. The quantitative estimate of drug-likeness (QED) is 0.735. The minimum absolute atomic E-state index is 0.352. The van der Waals surface area contributed by atoms with Gasteiger partial charge in [0.05, 0.1) is 0 Å². The standard InChI is InChI=1S/C13H27NO/c1-4-10(2)11(3)14-13-8-6-5-7-12(13)9-15/h10-15H,4-9H2,1-3H3. The average molecular weight is 213 g/mol. The molecular formula is C13H27NO. The van der Waals surface area contributed by atoms with Gasteiger partial charge in [0.15, 0.2) is 0 Å². The Morgan fingerprint density at radius 1 is 1.27 bits per heavy atom. The van der Waals surface area contributed by atoms with E-state index in [-0.39, 0.29) is 0 Å². The fourth-order valence-corrected chi connectivity index (χ4v) is 2.50. The Kier molecular flexibility index (Phi) is 5.62. The van der Waals surface area contributed by atoms with Crippen LogP contribution in [0.15, 0.2) is 0 Å². The van der Waals surface area contributed by atoms with E-state index in [1.165, 1.54) is 32.1 Å². The lowest BCUT2D eigenvalue weighted by Gasteiger charge is -2.35. The summed E-state index contributed by atoms with van der Waals surface area (Å²) in [5.41, 5.74) is 0. The number of rotatable bonds is 5. The van der Waals surface area contributed by atoms with Crippen molar-refractivity contribution in [1.82, 2.24) is 5.32 Å². The molecule has 1 saturated carbocycles. The van der Waals surface area contributed by atoms with E-state index < -0.39 is 0 Å². The number of nitrogens with one attached hydrogen (secondary N) is 1. The number of aliphatic hydroxyl groups is 1. The summed E-state index contributed by atoms with van der Waals surface area (Å²) in [6, 6.07) is 1.12. The van der Waals surface area contributed by atoms with Gasteiger partial charge in [0, 0.05) is 18.7 Å². The maximum Gasteiger partial charge on any atom is 0.0474 e. The highest BCUT2D eigenvalue weighted by Crippen LogP contribution is 2.25. The Morgan fingerprint density at radius 2 is 1.93 bits per heavy atom. The van der Waals surface area contributed by atoms with Gasteiger partial charge in [0.2, 0.25) is 0 Å². The summed E-state index contributed by atoms with van der Waals surface area (Å²) in [4.78, 5) is 0. The van der Waals surface area contributed by atoms with Gasteiger partial charge < -0.3 is 10.4 Å². The van der Waals surface area contributed by atoms with Crippen LogP contribution in [0.25, 0.3) is 0 Å². The van der Waals surface area contributed by atoms with Crippen LogP contribution < -0.4 is 5.32 Å². The Morgan fingerprint density at radius 3 is 2.53 bits per heavy atom. The maximum atomic E-state index is 9.33. The van der Waals surface area contributed by atoms with Crippen molar-refractivity contribution >= 4 is 0 Å². The van der Waals surface area contributed by atoms with E-state index in [2.05, 4.69) is 26.1 Å². The lowest BCUT2D eigenvalue weighted by atomic mass is 9.84. The highest BCUT2D eigenvalue weighted by Gasteiger charge is 2.26. The molecule has 1 fully saturated rings. The first kappa shape index (κ1) is 13.0. The molecule has 4 atom stereocenters. The molecule has 0 aromatic carbocycles. The minimum atomic E-state index is 0.352. The second kappa shape index (κ2) is 6.49. The topological polar surface area (TPSA) is 32.3 Å². The maximum absolute atomic E-state index is 9.33. The first-order valence-corrected chi connectivity index (χ1v) is 6.56. The molecule has 0 saturated heterocycles. The summed E-state index contributed by atoms with van der Waals surface area (Å²) in [5.74, 6) is 1.22. The molecule has 0 aromatic rings. The van der Waals surface area contributed by atoms with E-state index in [9.17, 15) is 5.11 Å². The van der Waals surface area contributed by atoms with Crippen molar-refractivity contribution < 1.29 is 5.11 Å². The molecule has 1 rings (SSSR count). The number of aliphatic hydroxyl groups excluding tert-OH is 1. The SMILES string of the molecule is CCC(C)C(C)NC1CCCCC1CO. The van der Waals surface area contributed by atoms with E-state index in [4.69, 9.17) is 0 Å². The summed E-state index contributed by atoms with van der Waals surface area (Å²) < 4.78 is 0. The van der Waals surface area contributed by atoms with E-state index in [0.29, 0.717) is 24.6 Å². The van der Waals surface area contributed by atoms with Crippen LogP contribution in [0.1, 0.15) is 52.9 Å². The highest BCUT2D eigenvalue weighted by atomic mass is 16.3. The number of hydrogen-bond donors (Lipinski definition) is 2. The molecule has 0 spiro atoms. The zero-order chi connectivity index (χ0) is 11.3. The molecule has 0 bridgehead atoms. The lowest BCUT2D eigenvalue weighted by Crippen LogP contribution is -2.46. The van der Waals surface area contributed by atoms with Crippen LogP contribution in [0.3, 0.4) is 0 Å². The van der Waals surface area contributed by atoms with Gasteiger partial charge in [-0.15, -0.1) is 0 Å². The van der Waals surface area contributed by atoms with E-state index >= 15 is 0 Å². The van der Waals surface area contributed by atoms with Crippen LogP contribution in [0, 0.1) is 11.8 Å². The highest BCUT2D eigenvalue weighted by molar-refractivity contribution is 4.83. The molecule has 90 valence electrons. The fraction of sp³-hybridized carbons (Fsp3) is 1.00. The van der Waals surface area contributed by atoms with Crippen LogP contribution in [0.5, 0.6) is 0 Å². The predicted octanol–water partition coefficient (Wildman–Crippen LogP) is 2.56. The van der Waals surface area contributed by atoms with Gasteiger partial charge >= 0.3 is 0 Å². The zero-order valence-electron chi connectivity index (χ0n) is 10.5. The normalized spacial score (nSPS) is 31.2. The van der Waals surface area contributed by atoms with Gasteiger partial charge in [0.1, 0.15) is 0 Å².